The lowest BCUT2D eigenvalue weighted by molar-refractivity contribution is -0.172. The molecular weight excluding hydrogens is 1020 g/mol. The number of aliphatic hydroxyl groups is 1. The van der Waals surface area contributed by atoms with Crippen LogP contribution in [0.15, 0.2) is 59.4 Å². The molecule has 4 aromatic rings. The number of aryl methyl sites for hydroxylation is 1. The van der Waals surface area contributed by atoms with E-state index in [1.54, 1.807) is 50.2 Å². The number of hydrogen-bond acceptors (Lipinski definition) is 16. The molecule has 2 aromatic carbocycles. The molecule has 410 valence electrons. The van der Waals surface area contributed by atoms with Crippen molar-refractivity contribution < 1.29 is 72.0 Å². The maximum Gasteiger partial charge on any atom is 0.343 e. The molecule has 0 bridgehead atoms. The summed E-state index contributed by atoms with van der Waals surface area (Å²) in [7, 11) is 0. The quantitative estimate of drug-likeness (QED) is 0.0209. The lowest BCUT2D eigenvalue weighted by Gasteiger charge is -2.31. The van der Waals surface area contributed by atoms with Crippen LogP contribution >= 0.6 is 0 Å². The first-order valence-corrected chi connectivity index (χ1v) is 24.8. The Morgan fingerprint density at radius 3 is 2.24 bits per heavy atom. The van der Waals surface area contributed by atoms with E-state index in [0.29, 0.717) is 62.3 Å². The summed E-state index contributed by atoms with van der Waals surface area (Å²) in [6.07, 6.45) is 1.33. The number of imide groups is 1. The van der Waals surface area contributed by atoms with Crippen molar-refractivity contribution >= 4 is 70.1 Å². The summed E-state index contributed by atoms with van der Waals surface area (Å²) in [5.41, 5.74) is 1.58. The zero-order chi connectivity index (χ0) is 56.2. The predicted molar refractivity (Wildman–Crippen MR) is 268 cm³/mol. The fraction of sp³-hybridized carbons (Fsp3) is 0.385. The Kier molecular flexibility index (Phi) is 16.5. The van der Waals surface area contributed by atoms with Crippen molar-refractivity contribution in [3.05, 3.63) is 110 Å². The molecule has 78 heavy (non-hydrogen) atoms. The maximum absolute atomic E-state index is 15.4. The highest BCUT2D eigenvalue weighted by atomic mass is 19.1. The van der Waals surface area contributed by atoms with Crippen molar-refractivity contribution in [2.24, 2.45) is 0 Å². The van der Waals surface area contributed by atoms with Crippen molar-refractivity contribution in [2.75, 3.05) is 39.5 Å². The minimum Gasteiger partial charge on any atom is -0.480 e. The van der Waals surface area contributed by atoms with Gasteiger partial charge in [0.25, 0.3) is 17.4 Å². The zero-order valence-electron chi connectivity index (χ0n) is 42.4. The number of halogens is 1. The lowest BCUT2D eigenvalue weighted by atomic mass is 9.81. The Balaban J connectivity index is 0.848. The number of benzene rings is 2. The molecule has 5 heterocycles. The molecule has 0 saturated heterocycles. The second-order valence-electron chi connectivity index (χ2n) is 18.9. The minimum absolute atomic E-state index is 0.0285. The van der Waals surface area contributed by atoms with Crippen LogP contribution in [0.25, 0.3) is 22.3 Å². The number of carbonyl (C=O) groups excluding carboxylic acids is 9. The molecule has 0 fully saturated rings. The Bertz CT molecular complexity index is 3260. The van der Waals surface area contributed by atoms with Gasteiger partial charge in [0.1, 0.15) is 37.3 Å². The van der Waals surface area contributed by atoms with E-state index in [9.17, 15) is 57.8 Å². The van der Waals surface area contributed by atoms with Gasteiger partial charge < -0.3 is 61.5 Å². The summed E-state index contributed by atoms with van der Waals surface area (Å²) in [6, 6.07) is 7.96. The molecule has 5 atom stereocenters. The number of carboxylic acids is 1. The number of amides is 8. The Labute approximate surface area is 442 Å². The fourth-order valence-electron chi connectivity index (χ4n) is 9.83. The highest BCUT2D eigenvalue weighted by Crippen LogP contribution is 2.46. The van der Waals surface area contributed by atoms with Crippen LogP contribution in [0.5, 0.6) is 0 Å². The van der Waals surface area contributed by atoms with Gasteiger partial charge in [0.2, 0.25) is 35.4 Å². The summed E-state index contributed by atoms with van der Waals surface area (Å²) in [5, 5.41) is 38.4. The molecule has 2 aromatic heterocycles. The third-order valence-corrected chi connectivity index (χ3v) is 14.0. The highest BCUT2D eigenvalue weighted by molar-refractivity contribution is 6.15. The molecule has 26 heteroatoms. The van der Waals surface area contributed by atoms with Crippen LogP contribution in [0.4, 0.5) is 4.39 Å². The number of fused-ring (bicyclic) bond motifs is 5. The first kappa shape index (κ1) is 55.5. The van der Waals surface area contributed by atoms with Gasteiger partial charge in [-0.25, -0.2) is 14.2 Å². The molecule has 8 amide bonds. The van der Waals surface area contributed by atoms with E-state index in [1.165, 1.54) is 17.6 Å². The summed E-state index contributed by atoms with van der Waals surface area (Å²) < 4.78 is 27.8. The third-order valence-electron chi connectivity index (χ3n) is 14.0. The number of rotatable bonds is 22. The van der Waals surface area contributed by atoms with Gasteiger partial charge in [0.05, 0.1) is 61.2 Å². The van der Waals surface area contributed by atoms with Crippen LogP contribution in [-0.4, -0.2) is 142 Å². The Hall–Kier alpha value is -8.75. The van der Waals surface area contributed by atoms with E-state index >= 15 is 4.39 Å². The monoisotopic (exact) mass is 1080 g/mol. The van der Waals surface area contributed by atoms with Crippen molar-refractivity contribution in [1.82, 2.24) is 51.7 Å². The minimum atomic E-state index is -2.07. The van der Waals surface area contributed by atoms with Crippen LogP contribution in [0.2, 0.25) is 0 Å². The van der Waals surface area contributed by atoms with Gasteiger partial charge >= 0.3 is 11.9 Å². The van der Waals surface area contributed by atoms with E-state index in [1.807, 2.05) is 0 Å². The number of nitrogens with zero attached hydrogens (tertiary/aromatic N) is 3. The van der Waals surface area contributed by atoms with E-state index in [2.05, 4.69) is 37.2 Å². The van der Waals surface area contributed by atoms with Crippen molar-refractivity contribution in [3.8, 4) is 11.4 Å². The Morgan fingerprint density at radius 2 is 1.55 bits per heavy atom. The number of aromatic nitrogens is 2. The highest BCUT2D eigenvalue weighted by Gasteiger charge is 2.46. The number of aliphatic carboxylic acids is 1. The number of nitrogens with one attached hydrogen (secondary N) is 7. The van der Waals surface area contributed by atoms with Gasteiger partial charge in [-0.2, -0.15) is 0 Å². The number of pyridine rings is 2. The molecule has 0 radical (unpaired) electrons. The molecule has 9 N–H and O–H groups in total. The first-order chi connectivity index (χ1) is 37.2. The average Bonchev–Trinajstić information content (AvgIpc) is 4.15. The molecule has 0 spiro atoms. The molecule has 3 aliphatic heterocycles. The number of carboxylic acid groups (broad SMARTS) is 1. The largest absolute Gasteiger partial charge is 0.480 e. The van der Waals surface area contributed by atoms with Gasteiger partial charge in [-0.05, 0) is 61.4 Å². The third kappa shape index (κ3) is 11.5. The zero-order valence-corrected chi connectivity index (χ0v) is 42.4. The average molecular weight is 1080 g/mol. The second kappa shape index (κ2) is 23.2. The SMILES string of the molecule is CC[C@@]1(O)C(=O)OCc2c1cc1n(c2=O)Cc2c-1nc1cc(F)c(C)c3c1c2[C@H](NC(=O)[C@@H](C)OCNC(=O)CNC(=O)[C@H](Cc1ccccc1)NC(=O)CNC(=O)CNC(=O)[C@H](CNCC(=O)O)N1C(=O)C=CC1=O)CC3. The smallest absolute Gasteiger partial charge is 0.343 e. The Morgan fingerprint density at radius 1 is 0.872 bits per heavy atom. The van der Waals surface area contributed by atoms with Crippen LogP contribution in [0.1, 0.15) is 71.7 Å². The summed E-state index contributed by atoms with van der Waals surface area (Å²) in [6.45, 7) is 0.932. The van der Waals surface area contributed by atoms with E-state index in [4.69, 9.17) is 19.6 Å². The number of ether oxygens (including phenoxy) is 2. The number of cyclic esters (lactones) is 1. The van der Waals surface area contributed by atoms with Gasteiger partial charge in [-0.3, -0.25) is 52.8 Å². The topological polar surface area (TPSA) is 352 Å². The standard InChI is InChI=1S/C52H55FN10O15/c1-4-52(76)31-15-36-46-29(22-62(36)50(74)30(31)23-77-51(52)75)45-33(11-10-28-25(2)32(53)16-34(60-46)44(28)45)61-47(71)26(3)78-24-58-39(65)19-56-48(72)35(14-27-8-6-5-7-9-27)59-40(66)20-55-38(64)18-57-49(73)37(17-54-21-43(69)70)63-41(67)12-13-42(63)68/h5-9,12-13,15-16,26,33,35,37,54,76H,4,10-11,14,17-24H2,1-3H3,(H,55,64)(H,56,72)(H,57,73)(H,58,65)(H,59,66)(H,61,71)(H,69,70)/t26-,33-,35+,37+,52+/m1/s1. The van der Waals surface area contributed by atoms with E-state index in [0.717, 1.165) is 12.2 Å². The molecule has 1 aliphatic carbocycles. The first-order valence-electron chi connectivity index (χ1n) is 24.8. The summed E-state index contributed by atoms with van der Waals surface area (Å²) >= 11 is 0. The summed E-state index contributed by atoms with van der Waals surface area (Å²) in [5.74, 6) is -9.02. The molecule has 25 nitrogen and oxygen atoms in total. The lowest BCUT2D eigenvalue weighted by Crippen LogP contribution is -2.56. The van der Waals surface area contributed by atoms with Crippen LogP contribution < -0.4 is 42.8 Å². The van der Waals surface area contributed by atoms with Crippen LogP contribution in [0.3, 0.4) is 0 Å². The van der Waals surface area contributed by atoms with Crippen molar-refractivity contribution in [3.63, 3.8) is 0 Å². The maximum atomic E-state index is 15.4. The number of carbonyl (C=O) groups is 10. The van der Waals surface area contributed by atoms with Gasteiger partial charge in [-0.1, -0.05) is 37.3 Å². The van der Waals surface area contributed by atoms with Gasteiger partial charge in [0.15, 0.2) is 5.60 Å². The molecule has 8 rings (SSSR count). The molecular formula is C52H55FN10O15. The van der Waals surface area contributed by atoms with Crippen molar-refractivity contribution in [2.45, 2.75) is 89.4 Å². The van der Waals surface area contributed by atoms with Gasteiger partial charge in [0, 0.05) is 47.7 Å². The molecule has 4 aliphatic rings. The number of hydrogen-bond donors (Lipinski definition) is 9. The van der Waals surface area contributed by atoms with Crippen molar-refractivity contribution in [1.29, 1.82) is 0 Å². The normalized spacial score (nSPS) is 17.9. The molecule has 0 saturated carbocycles. The van der Waals surface area contributed by atoms with Crippen LogP contribution in [0, 0.1) is 12.7 Å². The van der Waals surface area contributed by atoms with Gasteiger partial charge in [-0.15, -0.1) is 0 Å². The number of esters is 1. The second-order valence-corrected chi connectivity index (χ2v) is 18.9. The predicted octanol–water partition coefficient (Wildman–Crippen LogP) is -1.85. The fourth-order valence-corrected chi connectivity index (χ4v) is 9.83. The van der Waals surface area contributed by atoms with E-state index in [-0.39, 0.29) is 42.6 Å². The van der Waals surface area contributed by atoms with Crippen LogP contribution in [-0.2, 0) is 89.0 Å². The molecule has 0 unspecified atom stereocenters. The summed E-state index contributed by atoms with van der Waals surface area (Å²) in [4.78, 5) is 147. The van der Waals surface area contributed by atoms with E-state index < -0.39 is 140 Å².